The van der Waals surface area contributed by atoms with Gasteiger partial charge in [0, 0.05) is 41.0 Å². The first-order valence-corrected chi connectivity index (χ1v) is 14.2. The lowest BCUT2D eigenvalue weighted by molar-refractivity contribution is -0.384. The van der Waals surface area contributed by atoms with Crippen molar-refractivity contribution in [3.63, 3.8) is 0 Å². The van der Waals surface area contributed by atoms with Gasteiger partial charge in [0.2, 0.25) is 17.7 Å². The van der Waals surface area contributed by atoms with Gasteiger partial charge in [0.1, 0.15) is 11.8 Å². The van der Waals surface area contributed by atoms with Crippen LogP contribution in [0.4, 0.5) is 17.1 Å². The maximum absolute atomic E-state index is 13.9. The largest absolute Gasteiger partial charge is 0.325 e. The summed E-state index contributed by atoms with van der Waals surface area (Å²) in [5.41, 5.74) is 2.35. The van der Waals surface area contributed by atoms with Crippen LogP contribution < -0.4 is 15.1 Å². The molecule has 3 amide bonds. The third kappa shape index (κ3) is 4.72. The number of thioether (sulfide) groups is 1. The van der Waals surface area contributed by atoms with E-state index in [4.69, 9.17) is 0 Å². The summed E-state index contributed by atoms with van der Waals surface area (Å²) in [6.45, 7) is 1.67. The van der Waals surface area contributed by atoms with Crippen LogP contribution in [0.3, 0.4) is 0 Å². The number of carbonyl (C=O) groups is 3. The zero-order valence-corrected chi connectivity index (χ0v) is 23.1. The summed E-state index contributed by atoms with van der Waals surface area (Å²) in [5.74, 6) is -2.85. The Hall–Kier alpha value is -4.62. The van der Waals surface area contributed by atoms with Gasteiger partial charge in [0.25, 0.3) is 5.69 Å². The smallest absolute Gasteiger partial charge is 0.308 e. The van der Waals surface area contributed by atoms with Gasteiger partial charge in [-0.25, -0.2) is 4.90 Å². The number of nitro benzene ring substituents is 1. The lowest BCUT2D eigenvalue weighted by Crippen LogP contribution is -2.33. The highest BCUT2D eigenvalue weighted by atomic mass is 32.2. The minimum absolute atomic E-state index is 0.164. The lowest BCUT2D eigenvalue weighted by atomic mass is 9.84. The Bertz CT molecular complexity index is 1750. The second-order valence-corrected chi connectivity index (χ2v) is 11.8. The molecule has 4 heterocycles. The Labute approximate surface area is 241 Å². The number of nitrogens with one attached hydrogen (secondary N) is 1. The van der Waals surface area contributed by atoms with Crippen LogP contribution in [0.2, 0.25) is 0 Å². The van der Waals surface area contributed by atoms with E-state index in [1.54, 1.807) is 36.7 Å². The number of pyridine rings is 1. The highest BCUT2D eigenvalue weighted by molar-refractivity contribution is 8.00. The molecule has 0 aliphatic carbocycles. The maximum atomic E-state index is 13.9. The molecule has 2 aromatic carbocycles. The van der Waals surface area contributed by atoms with Gasteiger partial charge in [0.05, 0.1) is 21.6 Å². The van der Waals surface area contributed by atoms with E-state index < -0.39 is 39.7 Å². The van der Waals surface area contributed by atoms with Crippen LogP contribution in [0.5, 0.6) is 0 Å². The Morgan fingerprint density at radius 3 is 2.44 bits per heavy atom. The average molecular weight is 588 g/mol. The first-order valence-electron chi connectivity index (χ1n) is 12.5. The van der Waals surface area contributed by atoms with Gasteiger partial charge < -0.3 is 5.32 Å². The van der Waals surface area contributed by atoms with Crippen LogP contribution in [-0.2, 0) is 20.9 Å². The number of benzene rings is 2. The standard InChI is InChI=1S/C28H21N5O6S2/c1-15-4-6-17(7-5-15)30-20(34)14-31-27-24(41-28(31)37)21(16-3-2-12-29-13-16)22-23(40-27)26(36)32(25(22)35)18-8-10-19(11-9-18)33(38)39/h2-13,21-23H,14H2,1H3,(H,30,34)/t21-,22?,23?/m0/s1. The number of hydrogen-bond donors (Lipinski definition) is 1. The Kier molecular flexibility index (Phi) is 6.75. The Balaban J connectivity index is 1.38. The zero-order chi connectivity index (χ0) is 28.8. The van der Waals surface area contributed by atoms with E-state index in [1.165, 1.54) is 28.8 Å². The van der Waals surface area contributed by atoms with E-state index in [1.807, 2.05) is 19.1 Å². The van der Waals surface area contributed by atoms with Gasteiger partial charge in [-0.05, 0) is 42.8 Å². The van der Waals surface area contributed by atoms with E-state index in [2.05, 4.69) is 10.3 Å². The monoisotopic (exact) mass is 587 g/mol. The molecule has 11 nitrogen and oxygen atoms in total. The number of non-ortho nitro benzene ring substituents is 1. The summed E-state index contributed by atoms with van der Waals surface area (Å²) in [4.78, 5) is 69.8. The lowest BCUT2D eigenvalue weighted by Gasteiger charge is -2.30. The van der Waals surface area contributed by atoms with E-state index in [9.17, 15) is 29.3 Å². The van der Waals surface area contributed by atoms with Gasteiger partial charge in [-0.3, -0.25) is 38.8 Å². The number of nitrogens with zero attached hydrogens (tertiary/aromatic N) is 4. The third-order valence-corrected chi connectivity index (χ3v) is 9.65. The molecule has 2 aliphatic heterocycles. The number of imide groups is 1. The number of hydrogen-bond acceptors (Lipinski definition) is 9. The highest BCUT2D eigenvalue weighted by Crippen LogP contribution is 2.53. The fraction of sp³-hybridized carbons (Fsp3) is 0.179. The number of carbonyl (C=O) groups excluding carboxylic acids is 3. The van der Waals surface area contributed by atoms with Crippen molar-refractivity contribution in [2.24, 2.45) is 5.92 Å². The molecule has 13 heteroatoms. The predicted molar refractivity (Wildman–Crippen MR) is 153 cm³/mol. The van der Waals surface area contributed by atoms with Gasteiger partial charge in [-0.2, -0.15) is 0 Å². The van der Waals surface area contributed by atoms with Crippen molar-refractivity contribution in [1.29, 1.82) is 0 Å². The summed E-state index contributed by atoms with van der Waals surface area (Å²) in [5, 5.41) is 13.5. The van der Waals surface area contributed by atoms with Crippen molar-refractivity contribution in [2.45, 2.75) is 29.7 Å². The van der Waals surface area contributed by atoms with Gasteiger partial charge >= 0.3 is 4.87 Å². The van der Waals surface area contributed by atoms with Crippen molar-refractivity contribution in [3.8, 4) is 0 Å². The van der Waals surface area contributed by atoms with Crippen molar-refractivity contribution < 1.29 is 19.3 Å². The number of aryl methyl sites for hydroxylation is 1. The zero-order valence-electron chi connectivity index (χ0n) is 21.4. The quantitative estimate of drug-likeness (QED) is 0.203. The molecule has 1 saturated heterocycles. The van der Waals surface area contributed by atoms with Crippen LogP contribution in [-0.4, -0.2) is 37.4 Å². The number of aromatic nitrogens is 2. The summed E-state index contributed by atoms with van der Waals surface area (Å²) in [6.07, 6.45) is 3.19. The minimum atomic E-state index is -0.879. The molecule has 0 radical (unpaired) electrons. The van der Waals surface area contributed by atoms with Crippen LogP contribution in [0.25, 0.3) is 0 Å². The molecule has 41 heavy (non-hydrogen) atoms. The normalized spacial score (nSPS) is 19.5. The maximum Gasteiger partial charge on any atom is 0.308 e. The second-order valence-electron chi connectivity index (χ2n) is 9.65. The van der Waals surface area contributed by atoms with Gasteiger partial charge in [-0.15, -0.1) is 0 Å². The molecular formula is C28H21N5O6S2. The van der Waals surface area contributed by atoms with E-state index in [0.29, 0.717) is 21.2 Å². The summed E-state index contributed by atoms with van der Waals surface area (Å²) < 4.78 is 1.35. The summed E-state index contributed by atoms with van der Waals surface area (Å²) >= 11 is 2.04. The van der Waals surface area contributed by atoms with Crippen LogP contribution in [0.15, 0.2) is 82.9 Å². The SMILES string of the molecule is Cc1ccc(NC(=O)Cn2c3c(sc2=O)[C@@H](c2cccnc2)C2C(=O)N(c4ccc([N+](=O)[O-])cc4)C(=O)C2S3)cc1. The van der Waals surface area contributed by atoms with E-state index in [0.717, 1.165) is 33.6 Å². The molecule has 2 unspecified atom stereocenters. The molecule has 2 aromatic heterocycles. The molecule has 0 saturated carbocycles. The van der Waals surface area contributed by atoms with E-state index >= 15 is 0 Å². The number of rotatable bonds is 6. The molecule has 1 fully saturated rings. The molecule has 3 atom stereocenters. The Morgan fingerprint density at radius 2 is 1.78 bits per heavy atom. The number of fused-ring (bicyclic) bond motifs is 2. The topological polar surface area (TPSA) is 145 Å². The Morgan fingerprint density at radius 1 is 1.05 bits per heavy atom. The van der Waals surface area contributed by atoms with E-state index in [-0.39, 0.29) is 22.8 Å². The van der Waals surface area contributed by atoms with Gasteiger partial charge in [-0.1, -0.05) is 46.9 Å². The number of anilines is 2. The van der Waals surface area contributed by atoms with Crippen LogP contribution in [0, 0.1) is 23.0 Å². The second kappa shape index (κ2) is 10.4. The number of amides is 3. The van der Waals surface area contributed by atoms with Crippen LogP contribution >= 0.6 is 23.1 Å². The predicted octanol–water partition coefficient (Wildman–Crippen LogP) is 3.96. The summed E-state index contributed by atoms with van der Waals surface area (Å²) in [7, 11) is 0. The molecule has 206 valence electrons. The fourth-order valence-corrected chi connectivity index (χ4v) is 7.91. The molecule has 4 aromatic rings. The van der Waals surface area contributed by atoms with Crippen LogP contribution in [0.1, 0.15) is 21.9 Å². The molecule has 1 N–H and O–H groups in total. The number of nitro groups is 1. The van der Waals surface area contributed by atoms with Crippen molar-refractivity contribution >= 4 is 57.9 Å². The molecule has 0 spiro atoms. The highest BCUT2D eigenvalue weighted by Gasteiger charge is 2.57. The minimum Gasteiger partial charge on any atom is -0.325 e. The molecular weight excluding hydrogens is 566 g/mol. The fourth-order valence-electron chi connectivity index (χ4n) is 5.13. The molecule has 0 bridgehead atoms. The van der Waals surface area contributed by atoms with Gasteiger partial charge in [0.15, 0.2) is 0 Å². The molecule has 2 aliphatic rings. The first-order chi connectivity index (χ1) is 19.7. The van der Waals surface area contributed by atoms with Crippen molar-refractivity contribution in [3.05, 3.63) is 109 Å². The average Bonchev–Trinajstić information content (AvgIpc) is 3.40. The summed E-state index contributed by atoms with van der Waals surface area (Å²) in [6, 6.07) is 16.0. The van der Waals surface area contributed by atoms with Crippen molar-refractivity contribution in [1.82, 2.24) is 9.55 Å². The first kappa shape index (κ1) is 26.6. The third-order valence-electron chi connectivity index (χ3n) is 7.05. The molecule has 6 rings (SSSR count). The van der Waals surface area contributed by atoms with Crippen molar-refractivity contribution in [2.75, 3.05) is 10.2 Å². The number of thiazole rings is 1.